The van der Waals surface area contributed by atoms with Gasteiger partial charge in [0.05, 0.1) is 5.02 Å². The van der Waals surface area contributed by atoms with Crippen molar-refractivity contribution in [1.82, 2.24) is 5.32 Å². The molecule has 0 saturated carbocycles. The Morgan fingerprint density at radius 2 is 2.21 bits per heavy atom. The lowest BCUT2D eigenvalue weighted by Gasteiger charge is -2.42. The second kappa shape index (κ2) is 6.96. The first-order chi connectivity index (χ1) is 9.15. The molecule has 0 aromatic heterocycles. The van der Waals surface area contributed by atoms with Gasteiger partial charge in [-0.25, -0.2) is 0 Å². The Morgan fingerprint density at radius 1 is 1.42 bits per heavy atom. The highest BCUT2D eigenvalue weighted by molar-refractivity contribution is 9.10. The summed E-state index contributed by atoms with van der Waals surface area (Å²) in [4.78, 5) is 2.53. The highest BCUT2D eigenvalue weighted by Crippen LogP contribution is 2.30. The van der Waals surface area contributed by atoms with Crippen molar-refractivity contribution < 1.29 is 0 Å². The van der Waals surface area contributed by atoms with Gasteiger partial charge < -0.3 is 10.2 Å². The third-order valence-electron chi connectivity index (χ3n) is 3.84. The predicted molar refractivity (Wildman–Crippen MR) is 87.3 cm³/mol. The molecule has 2 unspecified atom stereocenters. The fraction of sp³-hybridized carbons (Fsp3) is 0.600. The van der Waals surface area contributed by atoms with Crippen LogP contribution in [-0.2, 0) is 0 Å². The molecule has 0 spiro atoms. The van der Waals surface area contributed by atoms with E-state index in [1.807, 2.05) is 6.07 Å². The first kappa shape index (κ1) is 15.1. The summed E-state index contributed by atoms with van der Waals surface area (Å²) in [6, 6.07) is 7.41. The van der Waals surface area contributed by atoms with Crippen molar-refractivity contribution in [1.29, 1.82) is 0 Å². The van der Waals surface area contributed by atoms with Gasteiger partial charge in [0.25, 0.3) is 0 Å². The van der Waals surface area contributed by atoms with E-state index in [1.54, 1.807) is 0 Å². The summed E-state index contributed by atoms with van der Waals surface area (Å²) in [5.74, 6) is 0. The molecule has 1 aliphatic heterocycles. The molecule has 19 heavy (non-hydrogen) atoms. The van der Waals surface area contributed by atoms with Crippen LogP contribution in [0.15, 0.2) is 22.7 Å². The molecule has 1 aromatic carbocycles. The van der Waals surface area contributed by atoms with Crippen LogP contribution in [-0.4, -0.2) is 25.2 Å². The number of piperazine rings is 1. The van der Waals surface area contributed by atoms with Gasteiger partial charge in [-0.1, -0.05) is 31.9 Å². The summed E-state index contributed by atoms with van der Waals surface area (Å²) >= 11 is 9.62. The Kier molecular flexibility index (Phi) is 5.55. The Hall–Kier alpha value is -0.250. The quantitative estimate of drug-likeness (QED) is 0.866. The van der Waals surface area contributed by atoms with E-state index in [1.165, 1.54) is 18.5 Å². The van der Waals surface area contributed by atoms with Crippen molar-refractivity contribution in [2.75, 3.05) is 18.0 Å². The van der Waals surface area contributed by atoms with Gasteiger partial charge in [0.1, 0.15) is 0 Å². The van der Waals surface area contributed by atoms with Crippen molar-refractivity contribution in [2.24, 2.45) is 0 Å². The molecule has 0 aliphatic carbocycles. The molecule has 1 N–H and O–H groups in total. The molecule has 2 nitrogen and oxygen atoms in total. The second-order valence-corrected chi connectivity index (χ2v) is 6.47. The van der Waals surface area contributed by atoms with E-state index in [0.29, 0.717) is 12.1 Å². The second-order valence-electron chi connectivity index (χ2n) is 5.21. The lowest BCUT2D eigenvalue weighted by molar-refractivity contribution is 0.369. The normalized spacial score (nSPS) is 23.7. The molecule has 1 aromatic rings. The minimum atomic E-state index is 0.571. The maximum Gasteiger partial charge on any atom is 0.0549 e. The summed E-state index contributed by atoms with van der Waals surface area (Å²) in [5, 5.41) is 4.44. The summed E-state index contributed by atoms with van der Waals surface area (Å²) in [7, 11) is 0. The lowest BCUT2D eigenvalue weighted by atomic mass is 10.0. The van der Waals surface area contributed by atoms with E-state index >= 15 is 0 Å². The van der Waals surface area contributed by atoms with Crippen molar-refractivity contribution in [3.63, 3.8) is 0 Å². The number of nitrogens with one attached hydrogen (secondary N) is 1. The number of hydrogen-bond acceptors (Lipinski definition) is 2. The Balaban J connectivity index is 2.19. The smallest absolute Gasteiger partial charge is 0.0549 e. The molecule has 2 atom stereocenters. The lowest BCUT2D eigenvalue weighted by Crippen LogP contribution is -2.56. The van der Waals surface area contributed by atoms with Crippen molar-refractivity contribution in [3.05, 3.63) is 27.7 Å². The first-order valence-electron chi connectivity index (χ1n) is 7.10. The fourth-order valence-electron chi connectivity index (χ4n) is 2.75. The summed E-state index contributed by atoms with van der Waals surface area (Å²) < 4.78 is 0.979. The standard InChI is InChI=1S/C15H22BrClN2/c1-3-5-11-10-19(12(4-2)9-18-11)13-6-7-15(17)14(16)8-13/h6-8,11-12,18H,3-5,9-10H2,1-2H3. The highest BCUT2D eigenvalue weighted by Gasteiger charge is 2.26. The number of anilines is 1. The van der Waals surface area contributed by atoms with Gasteiger partial charge in [0, 0.05) is 35.3 Å². The molecule has 1 heterocycles. The van der Waals surface area contributed by atoms with Crippen molar-refractivity contribution in [3.8, 4) is 0 Å². The van der Waals surface area contributed by atoms with Gasteiger partial charge in [-0.05, 0) is 47.0 Å². The minimum Gasteiger partial charge on any atom is -0.366 e. The first-order valence-corrected chi connectivity index (χ1v) is 8.27. The molecule has 0 bridgehead atoms. The van der Waals surface area contributed by atoms with Crippen LogP contribution in [0.25, 0.3) is 0 Å². The van der Waals surface area contributed by atoms with Crippen LogP contribution in [0.4, 0.5) is 5.69 Å². The molecule has 4 heteroatoms. The molecule has 0 radical (unpaired) electrons. The molecule has 1 fully saturated rings. The zero-order valence-electron chi connectivity index (χ0n) is 11.6. The number of benzene rings is 1. The van der Waals surface area contributed by atoms with Gasteiger partial charge in [0.15, 0.2) is 0 Å². The third-order valence-corrected chi connectivity index (χ3v) is 5.06. The maximum atomic E-state index is 6.09. The molecule has 1 aliphatic rings. The van der Waals surface area contributed by atoms with Crippen LogP contribution in [0.1, 0.15) is 33.1 Å². The Bertz CT molecular complexity index is 425. The van der Waals surface area contributed by atoms with Crippen LogP contribution in [0.5, 0.6) is 0 Å². The molecule has 2 rings (SSSR count). The molecule has 0 amide bonds. The Labute approximate surface area is 129 Å². The largest absolute Gasteiger partial charge is 0.366 e. The molecule has 1 saturated heterocycles. The SMILES string of the molecule is CCCC1CN(c2ccc(Cl)c(Br)c2)C(CC)CN1. The van der Waals surface area contributed by atoms with E-state index in [4.69, 9.17) is 11.6 Å². The minimum absolute atomic E-state index is 0.571. The number of nitrogens with zero attached hydrogens (tertiary/aromatic N) is 1. The number of rotatable bonds is 4. The van der Waals surface area contributed by atoms with Gasteiger partial charge in [-0.3, -0.25) is 0 Å². The molecular weight excluding hydrogens is 324 g/mol. The monoisotopic (exact) mass is 344 g/mol. The number of hydrogen-bond donors (Lipinski definition) is 1. The predicted octanol–water partition coefficient (Wildman–Crippen LogP) is 4.46. The van der Waals surface area contributed by atoms with E-state index in [2.05, 4.69) is 52.1 Å². The summed E-state index contributed by atoms with van der Waals surface area (Å²) in [5.41, 5.74) is 1.27. The molecular formula is C15H22BrClN2. The molecule has 106 valence electrons. The average molecular weight is 346 g/mol. The van der Waals surface area contributed by atoms with E-state index < -0.39 is 0 Å². The van der Waals surface area contributed by atoms with Crippen molar-refractivity contribution >= 4 is 33.2 Å². The third kappa shape index (κ3) is 3.65. The van der Waals surface area contributed by atoms with Crippen LogP contribution in [0, 0.1) is 0 Å². The maximum absolute atomic E-state index is 6.09. The Morgan fingerprint density at radius 3 is 2.84 bits per heavy atom. The van der Waals surface area contributed by atoms with Gasteiger partial charge in [-0.15, -0.1) is 0 Å². The van der Waals surface area contributed by atoms with Crippen LogP contribution in [0.2, 0.25) is 5.02 Å². The van der Waals surface area contributed by atoms with Crippen LogP contribution in [0.3, 0.4) is 0 Å². The number of halogens is 2. The van der Waals surface area contributed by atoms with Crippen LogP contribution < -0.4 is 10.2 Å². The van der Waals surface area contributed by atoms with Crippen LogP contribution >= 0.6 is 27.5 Å². The fourth-order valence-corrected chi connectivity index (χ4v) is 3.23. The van der Waals surface area contributed by atoms with Crippen molar-refractivity contribution in [2.45, 2.75) is 45.2 Å². The van der Waals surface area contributed by atoms with Gasteiger partial charge >= 0.3 is 0 Å². The summed E-state index contributed by atoms with van der Waals surface area (Å²) in [6.07, 6.45) is 3.63. The average Bonchev–Trinajstić information content (AvgIpc) is 2.42. The zero-order chi connectivity index (χ0) is 13.8. The van der Waals surface area contributed by atoms with Gasteiger partial charge in [-0.2, -0.15) is 0 Å². The zero-order valence-corrected chi connectivity index (χ0v) is 14.0. The van der Waals surface area contributed by atoms with E-state index in [-0.39, 0.29) is 0 Å². The van der Waals surface area contributed by atoms with E-state index in [9.17, 15) is 0 Å². The van der Waals surface area contributed by atoms with Gasteiger partial charge in [0.2, 0.25) is 0 Å². The highest BCUT2D eigenvalue weighted by atomic mass is 79.9. The topological polar surface area (TPSA) is 15.3 Å². The summed E-state index contributed by atoms with van der Waals surface area (Å²) in [6.45, 7) is 6.66. The van der Waals surface area contributed by atoms with E-state index in [0.717, 1.165) is 29.0 Å².